The van der Waals surface area contributed by atoms with Gasteiger partial charge in [-0.1, -0.05) is 88.7 Å². The van der Waals surface area contributed by atoms with Crippen LogP contribution >= 0.6 is 23.9 Å². The highest BCUT2D eigenvalue weighted by Crippen LogP contribution is 2.39. The van der Waals surface area contributed by atoms with Crippen molar-refractivity contribution >= 4 is 34.5 Å². The van der Waals surface area contributed by atoms with Crippen LogP contribution in [0.1, 0.15) is 11.7 Å². The molecule has 132 valence electrons. The summed E-state index contributed by atoms with van der Waals surface area (Å²) < 4.78 is 0.871. The molecule has 0 aliphatic heterocycles. The van der Waals surface area contributed by atoms with E-state index in [1.807, 2.05) is 60.7 Å². The Bertz CT molecular complexity index is 822. The van der Waals surface area contributed by atoms with Crippen molar-refractivity contribution in [2.24, 2.45) is 0 Å². The van der Waals surface area contributed by atoms with Crippen LogP contribution in [0.25, 0.3) is 0 Å². The Morgan fingerprint density at radius 3 is 2.00 bits per heavy atom. The highest BCUT2D eigenvalue weighted by atomic mass is 79.9. The van der Waals surface area contributed by atoms with Crippen molar-refractivity contribution in [2.75, 3.05) is 6.16 Å². The minimum atomic E-state index is -0.799. The molecular weight excluding hydrogens is 413 g/mol. The maximum atomic E-state index is 11.1. The first-order valence-corrected chi connectivity index (χ1v) is 10.4. The predicted molar refractivity (Wildman–Crippen MR) is 109 cm³/mol. The average Bonchev–Trinajstić information content (AvgIpc) is 2.66. The summed E-state index contributed by atoms with van der Waals surface area (Å²) in [6.45, 7) is 0. The fourth-order valence-corrected chi connectivity index (χ4v) is 5.56. The predicted octanol–water partition coefficient (Wildman–Crippen LogP) is 4.83. The molecule has 3 rings (SSSR count). The third-order valence-electron chi connectivity index (χ3n) is 3.92. The van der Waals surface area contributed by atoms with Gasteiger partial charge in [-0.25, -0.2) is 0 Å². The second kappa shape index (κ2) is 8.93. The van der Waals surface area contributed by atoms with Crippen LogP contribution in [-0.4, -0.2) is 11.2 Å². The highest BCUT2D eigenvalue weighted by Gasteiger charge is 2.24. The summed E-state index contributed by atoms with van der Waals surface area (Å²) in [6.07, 6.45) is -0.102. The summed E-state index contributed by atoms with van der Waals surface area (Å²) in [4.78, 5) is 16.2. The van der Waals surface area contributed by atoms with Gasteiger partial charge in [0, 0.05) is 10.6 Å². The first kappa shape index (κ1) is 18.6. The molecule has 0 fully saturated rings. The van der Waals surface area contributed by atoms with E-state index in [4.69, 9.17) is 4.84 Å². The van der Waals surface area contributed by atoms with Gasteiger partial charge in [-0.05, 0) is 36.2 Å². The molecular formula is C20H17BrNO3P. The van der Waals surface area contributed by atoms with Crippen LogP contribution in [-0.2, 0) is 4.84 Å². The molecule has 0 radical (unpaired) electrons. The Balaban J connectivity index is 1.98. The lowest BCUT2D eigenvalue weighted by Gasteiger charge is -2.24. The van der Waals surface area contributed by atoms with E-state index in [1.54, 1.807) is 0 Å². The Hall–Kier alpha value is -2.23. The van der Waals surface area contributed by atoms with Crippen molar-refractivity contribution < 1.29 is 9.92 Å². The Kier molecular flexibility index (Phi) is 6.37. The normalized spacial score (nSPS) is 11.9. The number of benzene rings is 3. The second-order valence-corrected chi connectivity index (χ2v) is 8.82. The fraction of sp³-hybridized carbons (Fsp3) is 0.100. The fourth-order valence-electron chi connectivity index (χ4n) is 2.75. The summed E-state index contributed by atoms with van der Waals surface area (Å²) in [7, 11) is -0.799. The van der Waals surface area contributed by atoms with Crippen LogP contribution in [0.2, 0.25) is 0 Å². The zero-order valence-electron chi connectivity index (χ0n) is 13.9. The lowest BCUT2D eigenvalue weighted by Crippen LogP contribution is -2.20. The molecule has 0 heterocycles. The van der Waals surface area contributed by atoms with Crippen LogP contribution in [0.15, 0.2) is 89.4 Å². The molecule has 4 nitrogen and oxygen atoms in total. The standard InChI is InChI=1S/C20H17BrNO3P/c21-17-9-7-8-16(14-17)20(25-22(23)24)15-26(18-10-3-1-4-11-18)19-12-5-2-6-13-19/h1-14,20H,15H2. The lowest BCUT2D eigenvalue weighted by atomic mass is 10.1. The molecule has 0 spiro atoms. The van der Waals surface area contributed by atoms with Crippen molar-refractivity contribution in [2.45, 2.75) is 6.10 Å². The highest BCUT2D eigenvalue weighted by molar-refractivity contribution is 9.10. The van der Waals surface area contributed by atoms with E-state index in [-0.39, 0.29) is 0 Å². The van der Waals surface area contributed by atoms with Crippen LogP contribution in [0.5, 0.6) is 0 Å². The van der Waals surface area contributed by atoms with Gasteiger partial charge in [0.1, 0.15) is 6.10 Å². The molecule has 0 N–H and O–H groups in total. The first-order valence-electron chi connectivity index (χ1n) is 8.08. The molecule has 0 aliphatic rings. The van der Waals surface area contributed by atoms with E-state index < -0.39 is 19.1 Å². The molecule has 0 bridgehead atoms. The molecule has 0 saturated heterocycles. The zero-order valence-corrected chi connectivity index (χ0v) is 16.3. The van der Waals surface area contributed by atoms with E-state index in [1.165, 1.54) is 10.6 Å². The van der Waals surface area contributed by atoms with Gasteiger partial charge < -0.3 is 4.84 Å². The molecule has 6 heteroatoms. The van der Waals surface area contributed by atoms with Crippen LogP contribution in [0, 0.1) is 10.1 Å². The molecule has 1 unspecified atom stereocenters. The molecule has 0 amide bonds. The Labute approximate surface area is 161 Å². The third-order valence-corrected chi connectivity index (χ3v) is 6.95. The first-order chi connectivity index (χ1) is 12.6. The van der Waals surface area contributed by atoms with Gasteiger partial charge >= 0.3 is 0 Å². The maximum absolute atomic E-state index is 11.1. The lowest BCUT2D eigenvalue weighted by molar-refractivity contribution is -0.769. The SMILES string of the molecule is O=[N+]([O-])OC(CP(c1ccccc1)c1ccccc1)c1cccc(Br)c1. The van der Waals surface area contributed by atoms with E-state index in [9.17, 15) is 10.1 Å². The summed E-state index contributed by atoms with van der Waals surface area (Å²) in [5.41, 5.74) is 0.787. The number of hydrogen-bond acceptors (Lipinski definition) is 3. The van der Waals surface area contributed by atoms with Crippen LogP contribution in [0.3, 0.4) is 0 Å². The van der Waals surface area contributed by atoms with Crippen molar-refractivity contribution in [1.29, 1.82) is 0 Å². The number of nitrogens with zero attached hydrogens (tertiary/aromatic N) is 1. The van der Waals surface area contributed by atoms with E-state index in [0.717, 1.165) is 10.0 Å². The quantitative estimate of drug-likeness (QED) is 0.307. The minimum Gasteiger partial charge on any atom is -0.305 e. The maximum Gasteiger partial charge on any atom is 0.295 e. The number of halogens is 1. The van der Waals surface area contributed by atoms with Gasteiger partial charge in [-0.3, -0.25) is 0 Å². The number of hydrogen-bond donors (Lipinski definition) is 0. The molecule has 26 heavy (non-hydrogen) atoms. The molecule has 3 aromatic carbocycles. The largest absolute Gasteiger partial charge is 0.305 e. The number of rotatable bonds is 7. The minimum absolute atomic E-state index is 0.529. The van der Waals surface area contributed by atoms with Gasteiger partial charge in [0.05, 0.1) is 0 Å². The van der Waals surface area contributed by atoms with Crippen LogP contribution in [0.4, 0.5) is 0 Å². The van der Waals surface area contributed by atoms with Gasteiger partial charge in [0.2, 0.25) is 0 Å². The van der Waals surface area contributed by atoms with E-state index >= 15 is 0 Å². The van der Waals surface area contributed by atoms with Crippen molar-refractivity contribution in [3.05, 3.63) is 105 Å². The molecule has 0 saturated carbocycles. The Morgan fingerprint density at radius 2 is 1.50 bits per heavy atom. The summed E-state index contributed by atoms with van der Waals surface area (Å²) in [5.74, 6) is 0. The summed E-state index contributed by atoms with van der Waals surface area (Å²) >= 11 is 3.43. The molecule has 3 aromatic rings. The average molecular weight is 430 g/mol. The Morgan fingerprint density at radius 1 is 0.923 bits per heavy atom. The van der Waals surface area contributed by atoms with Gasteiger partial charge in [-0.15, -0.1) is 10.1 Å². The monoisotopic (exact) mass is 429 g/mol. The van der Waals surface area contributed by atoms with Gasteiger partial charge in [0.25, 0.3) is 5.09 Å². The smallest absolute Gasteiger partial charge is 0.295 e. The van der Waals surface area contributed by atoms with Crippen molar-refractivity contribution in [1.82, 2.24) is 0 Å². The van der Waals surface area contributed by atoms with Crippen molar-refractivity contribution in [3.63, 3.8) is 0 Å². The topological polar surface area (TPSA) is 52.4 Å². The molecule has 0 aromatic heterocycles. The van der Waals surface area contributed by atoms with Gasteiger partial charge in [-0.2, -0.15) is 0 Å². The summed E-state index contributed by atoms with van der Waals surface area (Å²) in [6, 6.07) is 27.7. The summed E-state index contributed by atoms with van der Waals surface area (Å²) in [5, 5.41) is 12.7. The molecule has 0 aliphatic carbocycles. The van der Waals surface area contributed by atoms with Crippen molar-refractivity contribution in [3.8, 4) is 0 Å². The van der Waals surface area contributed by atoms with Crippen LogP contribution < -0.4 is 10.6 Å². The second-order valence-electron chi connectivity index (χ2n) is 5.65. The zero-order chi connectivity index (χ0) is 18.4. The van der Waals surface area contributed by atoms with E-state index in [0.29, 0.717) is 6.16 Å². The van der Waals surface area contributed by atoms with E-state index in [2.05, 4.69) is 40.2 Å². The van der Waals surface area contributed by atoms with Gasteiger partial charge in [0.15, 0.2) is 0 Å². The molecule has 1 atom stereocenters. The third kappa shape index (κ3) is 4.90.